The molecule has 0 bridgehead atoms. The van der Waals surface area contributed by atoms with Crippen molar-refractivity contribution in [2.45, 2.75) is 11.4 Å². The molecule has 3 aromatic carbocycles. The highest BCUT2D eigenvalue weighted by atomic mass is 79.9. The Balaban J connectivity index is 1.94. The first-order chi connectivity index (χ1) is 14.7. The number of para-hydroxylation sites is 1. The summed E-state index contributed by atoms with van der Waals surface area (Å²) in [4.78, 5) is 12.6. The number of amides is 1. The zero-order valence-electron chi connectivity index (χ0n) is 15.9. The zero-order chi connectivity index (χ0) is 22.6. The van der Waals surface area contributed by atoms with E-state index in [0.717, 1.165) is 4.31 Å². The Morgan fingerprint density at radius 3 is 2.32 bits per heavy atom. The van der Waals surface area contributed by atoms with E-state index in [1.54, 1.807) is 24.3 Å². The van der Waals surface area contributed by atoms with Crippen LogP contribution in [0.3, 0.4) is 0 Å². The third-order valence-corrected chi connectivity index (χ3v) is 7.42. The third-order valence-electron chi connectivity index (χ3n) is 4.32. The lowest BCUT2D eigenvalue weighted by Gasteiger charge is -2.23. The largest absolute Gasteiger partial charge is 0.324 e. The maximum atomic E-state index is 14.4. The van der Waals surface area contributed by atoms with Crippen LogP contribution in [0.4, 0.5) is 10.1 Å². The molecule has 10 heteroatoms. The number of halogens is 4. The van der Waals surface area contributed by atoms with Crippen LogP contribution in [0, 0.1) is 5.82 Å². The van der Waals surface area contributed by atoms with Crippen molar-refractivity contribution < 1.29 is 17.6 Å². The number of hydrogen-bond donors (Lipinski definition) is 1. The molecule has 31 heavy (non-hydrogen) atoms. The molecule has 0 radical (unpaired) electrons. The van der Waals surface area contributed by atoms with Crippen molar-refractivity contribution >= 4 is 60.7 Å². The minimum atomic E-state index is -4.17. The van der Waals surface area contributed by atoms with E-state index >= 15 is 0 Å². The van der Waals surface area contributed by atoms with E-state index in [1.165, 1.54) is 42.5 Å². The molecule has 0 fully saturated rings. The highest BCUT2D eigenvalue weighted by Crippen LogP contribution is 2.26. The molecule has 0 heterocycles. The molecule has 0 atom stereocenters. The Morgan fingerprint density at radius 2 is 1.68 bits per heavy atom. The van der Waals surface area contributed by atoms with Gasteiger partial charge in [0, 0.05) is 26.6 Å². The summed E-state index contributed by atoms with van der Waals surface area (Å²) in [5, 5.41) is 3.06. The molecule has 0 aliphatic carbocycles. The lowest BCUT2D eigenvalue weighted by atomic mass is 10.2. The summed E-state index contributed by atoms with van der Waals surface area (Å²) in [5.74, 6) is -1.27. The number of anilines is 1. The van der Waals surface area contributed by atoms with E-state index in [0.29, 0.717) is 15.2 Å². The number of sulfonamides is 1. The van der Waals surface area contributed by atoms with Crippen LogP contribution < -0.4 is 5.32 Å². The van der Waals surface area contributed by atoms with Crippen LogP contribution in [0.25, 0.3) is 0 Å². The molecular formula is C21H16BrCl2FN2O3S. The highest BCUT2D eigenvalue weighted by molar-refractivity contribution is 9.10. The molecule has 0 saturated heterocycles. The molecule has 0 unspecified atom stereocenters. The lowest BCUT2D eigenvalue weighted by Crippen LogP contribution is -2.38. The van der Waals surface area contributed by atoms with Gasteiger partial charge in [0.25, 0.3) is 0 Å². The predicted octanol–water partition coefficient (Wildman–Crippen LogP) is 5.72. The molecule has 0 saturated carbocycles. The summed E-state index contributed by atoms with van der Waals surface area (Å²) in [6.45, 7) is -0.989. The van der Waals surface area contributed by atoms with Gasteiger partial charge < -0.3 is 5.32 Å². The molecule has 0 spiro atoms. The van der Waals surface area contributed by atoms with Gasteiger partial charge in [-0.25, -0.2) is 12.8 Å². The van der Waals surface area contributed by atoms with E-state index in [9.17, 15) is 17.6 Å². The quantitative estimate of drug-likeness (QED) is 0.412. The van der Waals surface area contributed by atoms with Gasteiger partial charge in [-0.3, -0.25) is 4.79 Å². The van der Waals surface area contributed by atoms with Crippen molar-refractivity contribution in [3.63, 3.8) is 0 Å². The fraction of sp³-hybridized carbons (Fsp3) is 0.0952. The number of nitrogens with zero attached hydrogens (tertiary/aromatic N) is 1. The fourth-order valence-electron chi connectivity index (χ4n) is 2.75. The molecule has 0 aromatic heterocycles. The standard InChI is InChI=1S/C21H16BrCl2FN2O3S/c22-17-4-1-2-7-20(17)26-21(28)13-27(12-16-18(24)5-3-6-19(16)25)31(29,30)15-10-8-14(23)9-11-15/h1-11H,12-13H2,(H,26,28). The number of nitrogens with one attached hydrogen (secondary N) is 1. The van der Waals surface area contributed by atoms with Crippen LogP contribution in [-0.4, -0.2) is 25.2 Å². The van der Waals surface area contributed by atoms with Gasteiger partial charge in [0.05, 0.1) is 17.1 Å². The maximum absolute atomic E-state index is 14.4. The molecule has 5 nitrogen and oxygen atoms in total. The monoisotopic (exact) mass is 544 g/mol. The third kappa shape index (κ3) is 5.84. The molecule has 162 valence electrons. The Hall–Kier alpha value is -1.97. The predicted molar refractivity (Wildman–Crippen MR) is 123 cm³/mol. The van der Waals surface area contributed by atoms with Crippen LogP contribution in [0.15, 0.2) is 76.1 Å². The summed E-state index contributed by atoms with van der Waals surface area (Å²) < 4.78 is 42.4. The second-order valence-corrected chi connectivity index (χ2v) is 10.1. The Morgan fingerprint density at radius 1 is 1.00 bits per heavy atom. The molecule has 0 aliphatic rings. The molecule has 1 N–H and O–H groups in total. The van der Waals surface area contributed by atoms with Crippen LogP contribution in [0.5, 0.6) is 0 Å². The summed E-state index contributed by atoms with van der Waals surface area (Å²) in [7, 11) is -4.17. The van der Waals surface area contributed by atoms with Gasteiger partial charge in [0.2, 0.25) is 15.9 Å². The first-order valence-electron chi connectivity index (χ1n) is 8.91. The first-order valence-corrected chi connectivity index (χ1v) is 11.9. The minimum absolute atomic E-state index is 0.0320. The highest BCUT2D eigenvalue weighted by Gasteiger charge is 2.28. The summed E-state index contributed by atoms with van der Waals surface area (Å²) >= 11 is 15.3. The zero-order valence-corrected chi connectivity index (χ0v) is 19.8. The Bertz CT molecular complexity index is 1190. The van der Waals surface area contributed by atoms with E-state index in [1.807, 2.05) is 0 Å². The second kappa shape index (κ2) is 10.1. The van der Waals surface area contributed by atoms with Gasteiger partial charge >= 0.3 is 0 Å². The SMILES string of the molecule is O=C(CN(Cc1c(F)cccc1Cl)S(=O)(=O)c1ccc(Cl)cc1)Nc1ccccc1Br. The van der Waals surface area contributed by atoms with Crippen LogP contribution in [0.2, 0.25) is 10.0 Å². The van der Waals surface area contributed by atoms with Crippen molar-refractivity contribution in [2.75, 3.05) is 11.9 Å². The average molecular weight is 546 g/mol. The van der Waals surface area contributed by atoms with Crippen molar-refractivity contribution in [3.8, 4) is 0 Å². The van der Waals surface area contributed by atoms with Gasteiger partial charge in [-0.2, -0.15) is 4.31 Å². The van der Waals surface area contributed by atoms with Crippen molar-refractivity contribution in [2.24, 2.45) is 0 Å². The topological polar surface area (TPSA) is 66.5 Å². The molecule has 1 amide bonds. The Kier molecular flexibility index (Phi) is 7.72. The fourth-order valence-corrected chi connectivity index (χ4v) is 4.85. The second-order valence-electron chi connectivity index (χ2n) is 6.46. The number of rotatable bonds is 7. The van der Waals surface area contributed by atoms with Crippen molar-refractivity contribution in [1.29, 1.82) is 0 Å². The molecular weight excluding hydrogens is 530 g/mol. The van der Waals surface area contributed by atoms with E-state index in [-0.39, 0.29) is 15.5 Å². The first kappa shape index (κ1) is 23.7. The van der Waals surface area contributed by atoms with Gasteiger partial charge in [-0.05, 0) is 64.5 Å². The van der Waals surface area contributed by atoms with Gasteiger partial charge in [0.15, 0.2) is 0 Å². The van der Waals surface area contributed by atoms with Crippen molar-refractivity contribution in [1.82, 2.24) is 4.31 Å². The van der Waals surface area contributed by atoms with E-state index in [4.69, 9.17) is 23.2 Å². The Labute approximate surface area is 198 Å². The molecule has 3 rings (SSSR count). The van der Waals surface area contributed by atoms with Gasteiger partial charge in [0.1, 0.15) is 5.82 Å². The summed E-state index contributed by atoms with van der Waals surface area (Å²) in [5.41, 5.74) is 0.440. The lowest BCUT2D eigenvalue weighted by molar-refractivity contribution is -0.116. The summed E-state index contributed by atoms with van der Waals surface area (Å²) in [6, 6.07) is 16.4. The van der Waals surface area contributed by atoms with Crippen LogP contribution >= 0.6 is 39.1 Å². The van der Waals surface area contributed by atoms with Crippen LogP contribution in [-0.2, 0) is 21.4 Å². The number of benzene rings is 3. The van der Waals surface area contributed by atoms with Crippen molar-refractivity contribution in [3.05, 3.63) is 92.6 Å². The van der Waals surface area contributed by atoms with E-state index < -0.39 is 34.8 Å². The van der Waals surface area contributed by atoms with Crippen LogP contribution in [0.1, 0.15) is 5.56 Å². The normalized spacial score (nSPS) is 11.5. The minimum Gasteiger partial charge on any atom is -0.324 e. The average Bonchev–Trinajstić information content (AvgIpc) is 2.72. The number of carbonyl (C=O) groups excluding carboxylic acids is 1. The van der Waals surface area contributed by atoms with Gasteiger partial charge in [-0.1, -0.05) is 41.4 Å². The van der Waals surface area contributed by atoms with E-state index in [2.05, 4.69) is 21.2 Å². The smallest absolute Gasteiger partial charge is 0.243 e. The molecule has 0 aliphatic heterocycles. The summed E-state index contributed by atoms with van der Waals surface area (Å²) in [6.07, 6.45) is 0. The number of hydrogen-bond acceptors (Lipinski definition) is 3. The maximum Gasteiger partial charge on any atom is 0.243 e. The molecule has 3 aromatic rings. The van der Waals surface area contributed by atoms with Gasteiger partial charge in [-0.15, -0.1) is 0 Å². The number of carbonyl (C=O) groups is 1.